The van der Waals surface area contributed by atoms with Crippen LogP contribution in [0.15, 0.2) is 35.9 Å². The van der Waals surface area contributed by atoms with Gasteiger partial charge in [-0.15, -0.1) is 0 Å². The van der Waals surface area contributed by atoms with Crippen molar-refractivity contribution < 1.29 is 24.2 Å². The summed E-state index contributed by atoms with van der Waals surface area (Å²) in [7, 11) is 6.61. The number of halogens is 2. The molecular formula is C24H26Cl2N2O5. The van der Waals surface area contributed by atoms with Gasteiger partial charge in [0, 0.05) is 26.3 Å². The Balaban J connectivity index is 2.27. The lowest BCUT2D eigenvalue weighted by Gasteiger charge is -2.25. The van der Waals surface area contributed by atoms with Crippen LogP contribution in [0.3, 0.4) is 0 Å². The van der Waals surface area contributed by atoms with Crippen molar-refractivity contribution in [2.45, 2.75) is 19.4 Å². The fourth-order valence-electron chi connectivity index (χ4n) is 3.94. The molecule has 0 aromatic heterocycles. The fourth-order valence-corrected chi connectivity index (χ4v) is 4.63. The Bertz CT molecular complexity index is 1110. The Kier molecular flexibility index (Phi) is 7.44. The molecule has 2 aromatic rings. The zero-order chi connectivity index (χ0) is 24.4. The number of carbonyl (C=O) groups excluding carboxylic acids is 2. The minimum Gasteiger partial charge on any atom is -0.507 e. The Morgan fingerprint density at radius 3 is 2.21 bits per heavy atom. The van der Waals surface area contributed by atoms with Gasteiger partial charge < -0.3 is 24.4 Å². The number of carbonyl (C=O) groups is 2. The van der Waals surface area contributed by atoms with Gasteiger partial charge in [-0.05, 0) is 30.2 Å². The van der Waals surface area contributed by atoms with Crippen LogP contribution in [0.2, 0.25) is 10.0 Å². The lowest BCUT2D eigenvalue weighted by Crippen LogP contribution is -2.30. The van der Waals surface area contributed by atoms with Gasteiger partial charge in [0.05, 0.1) is 36.4 Å². The van der Waals surface area contributed by atoms with Crippen LogP contribution < -0.4 is 14.4 Å². The molecule has 9 heteroatoms. The topological polar surface area (TPSA) is 79.3 Å². The Morgan fingerprint density at radius 2 is 1.70 bits per heavy atom. The highest BCUT2D eigenvalue weighted by Gasteiger charge is 2.46. The number of rotatable bonds is 7. The van der Waals surface area contributed by atoms with Gasteiger partial charge in [-0.3, -0.25) is 9.59 Å². The summed E-state index contributed by atoms with van der Waals surface area (Å²) < 4.78 is 10.6. The molecule has 1 atom stereocenters. The molecule has 0 saturated carbocycles. The van der Waals surface area contributed by atoms with Crippen molar-refractivity contribution in [2.24, 2.45) is 0 Å². The van der Waals surface area contributed by atoms with Gasteiger partial charge in [-0.25, -0.2) is 0 Å². The number of anilines is 1. The molecule has 1 saturated heterocycles. The van der Waals surface area contributed by atoms with E-state index < -0.39 is 23.5 Å². The average molecular weight is 493 g/mol. The second-order valence-electron chi connectivity index (χ2n) is 7.76. The third-order valence-electron chi connectivity index (χ3n) is 5.52. The first-order valence-corrected chi connectivity index (χ1v) is 11.1. The maximum Gasteiger partial charge on any atom is 0.295 e. The zero-order valence-corrected chi connectivity index (χ0v) is 20.6. The lowest BCUT2D eigenvalue weighted by atomic mass is 9.94. The molecule has 1 N–H and O–H groups in total. The normalized spacial score (nSPS) is 17.4. The Morgan fingerprint density at radius 1 is 1.09 bits per heavy atom. The summed E-state index contributed by atoms with van der Waals surface area (Å²) in [6, 6.07) is 8.09. The third-order valence-corrected chi connectivity index (χ3v) is 6.15. The summed E-state index contributed by atoms with van der Waals surface area (Å²) in [5, 5.41) is 11.5. The van der Waals surface area contributed by atoms with Gasteiger partial charge in [0.15, 0.2) is 11.5 Å². The van der Waals surface area contributed by atoms with Gasteiger partial charge in [-0.2, -0.15) is 0 Å². The molecule has 1 fully saturated rings. The molecule has 176 valence electrons. The van der Waals surface area contributed by atoms with Crippen LogP contribution in [0.5, 0.6) is 11.5 Å². The molecule has 1 unspecified atom stereocenters. The highest BCUT2D eigenvalue weighted by Crippen LogP contribution is 2.47. The van der Waals surface area contributed by atoms with Gasteiger partial charge >= 0.3 is 0 Å². The highest BCUT2D eigenvalue weighted by molar-refractivity contribution is 6.47. The number of hydrogen-bond donors (Lipinski definition) is 1. The minimum atomic E-state index is -0.784. The zero-order valence-electron chi connectivity index (χ0n) is 19.1. The van der Waals surface area contributed by atoms with Crippen molar-refractivity contribution in [1.82, 2.24) is 4.90 Å². The van der Waals surface area contributed by atoms with E-state index in [9.17, 15) is 14.7 Å². The third kappa shape index (κ3) is 4.35. The van der Waals surface area contributed by atoms with Crippen LogP contribution in [0.4, 0.5) is 5.69 Å². The molecular weight excluding hydrogens is 467 g/mol. The number of nitrogens with zero attached hydrogens (tertiary/aromatic N) is 2. The van der Waals surface area contributed by atoms with Crippen LogP contribution in [-0.4, -0.2) is 56.6 Å². The number of amides is 1. The predicted molar refractivity (Wildman–Crippen MR) is 130 cm³/mol. The number of ketones is 1. The van der Waals surface area contributed by atoms with Crippen molar-refractivity contribution in [1.29, 1.82) is 0 Å². The van der Waals surface area contributed by atoms with E-state index in [4.69, 9.17) is 32.7 Å². The van der Waals surface area contributed by atoms with Crippen LogP contribution in [0, 0.1) is 0 Å². The van der Waals surface area contributed by atoms with E-state index in [1.807, 2.05) is 50.2 Å². The standard InChI is InChI=1S/C24H26Cl2N2O5/c1-6-11-28-19(13-7-9-14(10-8-13)27(2)3)17(21(30)24(28)31)20(29)15-12-16(25)23(33-5)18(26)22(15)32-4/h7-10,12,19,29H,6,11H2,1-5H3/b20-17+. The molecule has 0 bridgehead atoms. The predicted octanol–water partition coefficient (Wildman–Crippen LogP) is 4.91. The summed E-state index contributed by atoms with van der Waals surface area (Å²) in [6.45, 7) is 2.26. The quantitative estimate of drug-likeness (QED) is 0.336. The number of hydrogen-bond acceptors (Lipinski definition) is 6. The number of likely N-dealkylation sites (tertiary alicyclic amines) is 1. The minimum absolute atomic E-state index is 0.0451. The van der Waals surface area contributed by atoms with Crippen molar-refractivity contribution in [2.75, 3.05) is 39.8 Å². The number of ether oxygens (including phenoxy) is 2. The lowest BCUT2D eigenvalue weighted by molar-refractivity contribution is -0.139. The van der Waals surface area contributed by atoms with Crippen LogP contribution in [0.25, 0.3) is 5.76 Å². The first-order chi connectivity index (χ1) is 15.7. The highest BCUT2D eigenvalue weighted by atomic mass is 35.5. The van der Waals surface area contributed by atoms with Gasteiger partial charge in [0.2, 0.25) is 0 Å². The van der Waals surface area contributed by atoms with E-state index in [1.165, 1.54) is 25.2 Å². The largest absolute Gasteiger partial charge is 0.507 e. The van der Waals surface area contributed by atoms with Crippen LogP contribution >= 0.6 is 23.2 Å². The van der Waals surface area contributed by atoms with E-state index >= 15 is 0 Å². The first-order valence-electron chi connectivity index (χ1n) is 10.3. The maximum atomic E-state index is 13.1. The van der Waals surface area contributed by atoms with Gasteiger partial charge in [-0.1, -0.05) is 42.3 Å². The average Bonchev–Trinajstić information content (AvgIpc) is 3.04. The SMILES string of the molecule is CCCN1C(=O)C(=O)/C(=C(/O)c2cc(Cl)c(OC)c(Cl)c2OC)C1c1ccc(N(C)C)cc1. The monoisotopic (exact) mass is 492 g/mol. The van der Waals surface area contributed by atoms with E-state index in [1.54, 1.807) is 0 Å². The maximum absolute atomic E-state index is 13.1. The summed E-state index contributed by atoms with van der Waals surface area (Å²) in [5.41, 5.74) is 1.69. The van der Waals surface area contributed by atoms with Crippen molar-refractivity contribution in [3.8, 4) is 11.5 Å². The molecule has 1 heterocycles. The molecule has 1 aliphatic heterocycles. The molecule has 0 spiro atoms. The fraction of sp³-hybridized carbons (Fsp3) is 0.333. The summed E-state index contributed by atoms with van der Waals surface area (Å²) in [6.07, 6.45) is 0.642. The smallest absolute Gasteiger partial charge is 0.295 e. The molecule has 0 radical (unpaired) electrons. The Hall–Kier alpha value is -2.90. The second kappa shape index (κ2) is 9.93. The second-order valence-corrected chi connectivity index (χ2v) is 8.55. The first kappa shape index (κ1) is 24.7. The van der Waals surface area contributed by atoms with E-state index in [0.29, 0.717) is 18.5 Å². The number of aliphatic hydroxyl groups excluding tert-OH is 1. The van der Waals surface area contributed by atoms with Gasteiger partial charge in [0.25, 0.3) is 11.7 Å². The van der Waals surface area contributed by atoms with E-state index in [2.05, 4.69) is 0 Å². The van der Waals surface area contributed by atoms with Gasteiger partial charge in [0.1, 0.15) is 10.8 Å². The molecule has 3 rings (SSSR count). The molecule has 1 aliphatic rings. The molecule has 33 heavy (non-hydrogen) atoms. The number of aliphatic hydroxyl groups is 1. The van der Waals surface area contributed by atoms with Crippen molar-refractivity contribution in [3.05, 3.63) is 57.1 Å². The van der Waals surface area contributed by atoms with Crippen LogP contribution in [-0.2, 0) is 9.59 Å². The summed E-state index contributed by atoms with van der Waals surface area (Å²) >= 11 is 12.7. The molecule has 0 aliphatic carbocycles. The number of Topliss-reactive ketones (excluding diaryl/α,β-unsaturated/α-hetero) is 1. The number of benzene rings is 2. The van der Waals surface area contributed by atoms with Crippen molar-refractivity contribution >= 4 is 46.3 Å². The van der Waals surface area contributed by atoms with E-state index in [-0.39, 0.29) is 32.7 Å². The summed E-state index contributed by atoms with van der Waals surface area (Å²) in [5.74, 6) is -1.62. The number of methoxy groups -OCH3 is 2. The molecule has 1 amide bonds. The molecule has 7 nitrogen and oxygen atoms in total. The summed E-state index contributed by atoms with van der Waals surface area (Å²) in [4.78, 5) is 29.4. The van der Waals surface area contributed by atoms with Crippen molar-refractivity contribution in [3.63, 3.8) is 0 Å². The van der Waals surface area contributed by atoms with E-state index in [0.717, 1.165) is 5.69 Å². The van der Waals surface area contributed by atoms with Crippen LogP contribution in [0.1, 0.15) is 30.5 Å². The Labute approximate surface area is 203 Å². The molecule has 2 aromatic carbocycles.